The van der Waals surface area contributed by atoms with Crippen molar-refractivity contribution < 1.29 is 19.1 Å². The van der Waals surface area contributed by atoms with Crippen LogP contribution in [0.2, 0.25) is 0 Å². The van der Waals surface area contributed by atoms with E-state index in [1.165, 1.54) is 0 Å². The van der Waals surface area contributed by atoms with Crippen molar-refractivity contribution in [3.05, 3.63) is 0 Å². The summed E-state index contributed by atoms with van der Waals surface area (Å²) >= 11 is 0. The number of carbonyl (C=O) groups excluding carboxylic acids is 1. The van der Waals surface area contributed by atoms with Crippen LogP contribution in [0, 0.1) is 16.2 Å². The molecule has 2 fully saturated rings. The number of carboxylic acid groups (broad SMARTS) is 1. The molecule has 0 spiro atoms. The Morgan fingerprint density at radius 2 is 2.07 bits per heavy atom. The van der Waals surface area contributed by atoms with E-state index in [9.17, 15) is 19.1 Å². The van der Waals surface area contributed by atoms with E-state index >= 15 is 0 Å². The first-order valence-corrected chi connectivity index (χ1v) is 5.17. The summed E-state index contributed by atoms with van der Waals surface area (Å²) in [5.41, 5.74) is -2.83. The fourth-order valence-electron chi connectivity index (χ4n) is 3.51. The molecule has 3 nitrogen and oxygen atoms in total. The van der Waals surface area contributed by atoms with Crippen LogP contribution in [0.1, 0.15) is 33.1 Å². The standard InChI is InChI=1S/C11H15FO3/c1-9(2)10(8(14)15)3-4-11(9,6-12)7(13)5-10/h3-6H2,1-2H3,(H,14,15). The molecule has 0 aromatic carbocycles. The fourth-order valence-corrected chi connectivity index (χ4v) is 3.51. The first-order valence-electron chi connectivity index (χ1n) is 5.17. The van der Waals surface area contributed by atoms with Crippen molar-refractivity contribution in [2.24, 2.45) is 16.2 Å². The van der Waals surface area contributed by atoms with E-state index in [-0.39, 0.29) is 12.2 Å². The van der Waals surface area contributed by atoms with Crippen LogP contribution in [0.5, 0.6) is 0 Å². The SMILES string of the molecule is CC1(C)C2(C(=O)O)CCC1(CF)C(=O)C2. The van der Waals surface area contributed by atoms with Crippen LogP contribution in [-0.2, 0) is 9.59 Å². The number of fused-ring (bicyclic) bond motifs is 2. The van der Waals surface area contributed by atoms with Crippen molar-refractivity contribution in [2.75, 3.05) is 6.67 Å². The number of halogens is 1. The molecule has 2 aliphatic rings. The van der Waals surface area contributed by atoms with Crippen molar-refractivity contribution in [3.8, 4) is 0 Å². The Bertz CT molecular complexity index is 350. The van der Waals surface area contributed by atoms with Gasteiger partial charge in [-0.3, -0.25) is 9.59 Å². The molecule has 2 bridgehead atoms. The van der Waals surface area contributed by atoms with Gasteiger partial charge in [-0.25, -0.2) is 4.39 Å². The highest BCUT2D eigenvalue weighted by Gasteiger charge is 2.74. The van der Waals surface area contributed by atoms with Crippen LogP contribution in [0.4, 0.5) is 4.39 Å². The van der Waals surface area contributed by atoms with Crippen molar-refractivity contribution in [3.63, 3.8) is 0 Å². The molecule has 15 heavy (non-hydrogen) atoms. The van der Waals surface area contributed by atoms with Gasteiger partial charge in [0.25, 0.3) is 0 Å². The number of carboxylic acids is 1. The van der Waals surface area contributed by atoms with Crippen LogP contribution in [0.25, 0.3) is 0 Å². The molecule has 2 atom stereocenters. The second-order valence-electron chi connectivity index (χ2n) is 5.33. The van der Waals surface area contributed by atoms with Gasteiger partial charge < -0.3 is 5.11 Å². The summed E-state index contributed by atoms with van der Waals surface area (Å²) in [6, 6.07) is 0. The largest absolute Gasteiger partial charge is 0.481 e. The summed E-state index contributed by atoms with van der Waals surface area (Å²) in [4.78, 5) is 23.1. The lowest BCUT2D eigenvalue weighted by Gasteiger charge is -2.37. The van der Waals surface area contributed by atoms with Crippen molar-refractivity contribution in [1.82, 2.24) is 0 Å². The molecule has 1 N–H and O–H groups in total. The van der Waals surface area contributed by atoms with Gasteiger partial charge in [0.2, 0.25) is 0 Å². The Morgan fingerprint density at radius 3 is 2.33 bits per heavy atom. The predicted octanol–water partition coefficient (Wildman–Crippen LogP) is 1.81. The molecule has 2 rings (SSSR count). The van der Waals surface area contributed by atoms with Gasteiger partial charge in [-0.05, 0) is 18.3 Å². The molecule has 2 saturated carbocycles. The number of ketones is 1. The number of hydrogen-bond acceptors (Lipinski definition) is 2. The zero-order valence-electron chi connectivity index (χ0n) is 8.97. The second-order valence-corrected chi connectivity index (χ2v) is 5.33. The third-order valence-corrected chi connectivity index (χ3v) is 5.00. The minimum Gasteiger partial charge on any atom is -0.481 e. The zero-order chi connectivity index (χ0) is 11.5. The molecule has 0 saturated heterocycles. The summed E-state index contributed by atoms with van der Waals surface area (Å²) in [5, 5.41) is 9.28. The smallest absolute Gasteiger partial charge is 0.310 e. The van der Waals surface area contributed by atoms with Gasteiger partial charge in [-0.15, -0.1) is 0 Å². The third-order valence-electron chi connectivity index (χ3n) is 5.00. The van der Waals surface area contributed by atoms with Crippen molar-refractivity contribution in [2.45, 2.75) is 33.1 Å². The lowest BCUT2D eigenvalue weighted by atomic mass is 9.65. The second kappa shape index (κ2) is 2.60. The molecule has 84 valence electrons. The van der Waals surface area contributed by atoms with Crippen LogP contribution < -0.4 is 0 Å². The van der Waals surface area contributed by atoms with Gasteiger partial charge >= 0.3 is 5.97 Å². The van der Waals surface area contributed by atoms with Crippen molar-refractivity contribution in [1.29, 1.82) is 0 Å². The Morgan fingerprint density at radius 1 is 1.47 bits per heavy atom. The predicted molar refractivity (Wildman–Crippen MR) is 51.1 cm³/mol. The van der Waals surface area contributed by atoms with E-state index in [2.05, 4.69) is 0 Å². The van der Waals surface area contributed by atoms with Crippen molar-refractivity contribution >= 4 is 11.8 Å². The summed E-state index contributed by atoms with van der Waals surface area (Å²) in [5.74, 6) is -1.16. The summed E-state index contributed by atoms with van der Waals surface area (Å²) in [7, 11) is 0. The maximum atomic E-state index is 13.1. The molecule has 0 aliphatic heterocycles. The highest BCUT2D eigenvalue weighted by atomic mass is 19.1. The highest BCUT2D eigenvalue weighted by molar-refractivity contribution is 5.97. The molecule has 0 amide bonds. The number of aliphatic carboxylic acids is 1. The molecule has 0 radical (unpaired) electrons. The van der Waals surface area contributed by atoms with E-state index < -0.39 is 28.9 Å². The number of Topliss-reactive ketones (excluding diaryl/α,β-unsaturated/α-hetero) is 1. The molecular formula is C11H15FO3. The van der Waals surface area contributed by atoms with E-state index in [1.54, 1.807) is 13.8 Å². The minimum absolute atomic E-state index is 0.000741. The summed E-state index contributed by atoms with van der Waals surface area (Å²) < 4.78 is 13.1. The average molecular weight is 214 g/mol. The number of carbonyl (C=O) groups is 2. The molecule has 0 aromatic heterocycles. The van der Waals surface area contributed by atoms with E-state index in [0.717, 1.165) is 0 Å². The Balaban J connectivity index is 2.59. The number of rotatable bonds is 2. The zero-order valence-corrected chi connectivity index (χ0v) is 8.97. The van der Waals surface area contributed by atoms with Gasteiger partial charge in [0.05, 0.1) is 10.8 Å². The first-order chi connectivity index (χ1) is 6.84. The molecule has 2 unspecified atom stereocenters. The molecular weight excluding hydrogens is 199 g/mol. The lowest BCUT2D eigenvalue weighted by Crippen LogP contribution is -2.42. The highest BCUT2D eigenvalue weighted by Crippen LogP contribution is 2.70. The third kappa shape index (κ3) is 0.825. The van der Waals surface area contributed by atoms with Gasteiger partial charge in [0.1, 0.15) is 12.5 Å². The van der Waals surface area contributed by atoms with E-state index in [0.29, 0.717) is 12.8 Å². The van der Waals surface area contributed by atoms with Crippen LogP contribution in [0.3, 0.4) is 0 Å². The number of alkyl halides is 1. The molecule has 4 heteroatoms. The monoisotopic (exact) mass is 214 g/mol. The Hall–Kier alpha value is -0.930. The van der Waals surface area contributed by atoms with Gasteiger partial charge in [0.15, 0.2) is 0 Å². The fraction of sp³-hybridized carbons (Fsp3) is 0.818. The van der Waals surface area contributed by atoms with Crippen LogP contribution >= 0.6 is 0 Å². The van der Waals surface area contributed by atoms with E-state index in [1.807, 2.05) is 0 Å². The van der Waals surface area contributed by atoms with Crippen LogP contribution in [-0.4, -0.2) is 23.5 Å². The molecule has 0 aromatic rings. The first kappa shape index (κ1) is 10.6. The van der Waals surface area contributed by atoms with Crippen LogP contribution in [0.15, 0.2) is 0 Å². The van der Waals surface area contributed by atoms with Gasteiger partial charge in [0, 0.05) is 6.42 Å². The summed E-state index contributed by atoms with van der Waals surface area (Å²) in [6.07, 6.45) is 0.798. The normalized spacial score (nSPS) is 42.2. The lowest BCUT2D eigenvalue weighted by molar-refractivity contribution is -0.154. The Labute approximate surface area is 87.7 Å². The van der Waals surface area contributed by atoms with E-state index in [4.69, 9.17) is 0 Å². The maximum Gasteiger partial charge on any atom is 0.310 e. The summed E-state index contributed by atoms with van der Waals surface area (Å²) in [6.45, 7) is 2.71. The molecule has 2 aliphatic carbocycles. The topological polar surface area (TPSA) is 54.4 Å². The quantitative estimate of drug-likeness (QED) is 0.762. The minimum atomic E-state index is -1.04. The maximum absolute atomic E-state index is 13.1. The van der Waals surface area contributed by atoms with Gasteiger partial charge in [-0.1, -0.05) is 13.8 Å². The van der Waals surface area contributed by atoms with Gasteiger partial charge in [-0.2, -0.15) is 0 Å². The molecule has 0 heterocycles. The number of hydrogen-bond donors (Lipinski definition) is 1. The average Bonchev–Trinajstić information content (AvgIpc) is 2.47. The Kier molecular flexibility index (Phi) is 1.83.